The minimum atomic E-state index is -3.68. The van der Waals surface area contributed by atoms with Crippen molar-refractivity contribution in [2.45, 2.75) is 49.0 Å². The first-order valence-electron chi connectivity index (χ1n) is 7.94. The molecule has 0 bridgehead atoms. The normalized spacial score (nSPS) is 18.4. The number of aromatic nitrogens is 1. The van der Waals surface area contributed by atoms with Gasteiger partial charge in [-0.05, 0) is 18.9 Å². The van der Waals surface area contributed by atoms with Crippen molar-refractivity contribution in [3.63, 3.8) is 0 Å². The third-order valence-corrected chi connectivity index (χ3v) is 5.83. The molecule has 1 aromatic heterocycles. The van der Waals surface area contributed by atoms with Gasteiger partial charge in [-0.2, -0.15) is 0 Å². The molecule has 1 aliphatic carbocycles. The number of aryl methyl sites for hydroxylation is 1. The molecular formula is C15H26N4O3S. The molecule has 0 saturated heterocycles. The first kappa shape index (κ1) is 18.0. The van der Waals surface area contributed by atoms with Crippen LogP contribution in [0.4, 0.5) is 0 Å². The van der Waals surface area contributed by atoms with E-state index >= 15 is 0 Å². The summed E-state index contributed by atoms with van der Waals surface area (Å²) in [5.74, 6) is -0.326. The predicted octanol–water partition coefficient (Wildman–Crippen LogP) is 0.715. The van der Waals surface area contributed by atoms with Crippen LogP contribution in [0.5, 0.6) is 0 Å². The monoisotopic (exact) mass is 342 g/mol. The molecule has 1 heterocycles. The molecule has 8 heteroatoms. The molecule has 0 radical (unpaired) electrons. The Morgan fingerprint density at radius 2 is 1.91 bits per heavy atom. The zero-order valence-corrected chi connectivity index (χ0v) is 14.6. The third-order valence-electron chi connectivity index (χ3n) is 4.46. The largest absolute Gasteiger partial charge is 0.354 e. The number of hydrogen-bond acceptors (Lipinski definition) is 4. The maximum absolute atomic E-state index is 12.5. The number of hydrogen-bond donors (Lipinski definition) is 3. The van der Waals surface area contributed by atoms with Crippen LogP contribution in [-0.2, 0) is 17.1 Å². The van der Waals surface area contributed by atoms with E-state index in [9.17, 15) is 13.2 Å². The lowest BCUT2D eigenvalue weighted by molar-refractivity contribution is 0.0955. The van der Waals surface area contributed by atoms with Crippen molar-refractivity contribution in [3.8, 4) is 0 Å². The fourth-order valence-electron chi connectivity index (χ4n) is 2.97. The van der Waals surface area contributed by atoms with Gasteiger partial charge in [-0.3, -0.25) is 4.79 Å². The quantitative estimate of drug-likeness (QED) is 0.685. The third kappa shape index (κ3) is 4.33. The minimum absolute atomic E-state index is 0.0795. The van der Waals surface area contributed by atoms with Crippen LogP contribution in [0.3, 0.4) is 0 Å². The zero-order chi connectivity index (χ0) is 17.1. The average Bonchev–Trinajstić information content (AvgIpc) is 2.78. The van der Waals surface area contributed by atoms with E-state index in [1.165, 1.54) is 23.9 Å². The Labute approximate surface area is 137 Å². The molecule has 0 aromatic carbocycles. The summed E-state index contributed by atoms with van der Waals surface area (Å²) in [6.07, 6.45) is 7.46. The molecule has 23 heavy (non-hydrogen) atoms. The number of carbonyl (C=O) groups is 1. The molecular weight excluding hydrogens is 316 g/mol. The molecule has 130 valence electrons. The Morgan fingerprint density at radius 1 is 1.30 bits per heavy atom. The molecule has 4 N–H and O–H groups in total. The first-order chi connectivity index (χ1) is 10.8. The van der Waals surface area contributed by atoms with E-state index in [1.54, 1.807) is 7.05 Å². The van der Waals surface area contributed by atoms with Gasteiger partial charge in [0.1, 0.15) is 10.6 Å². The fraction of sp³-hybridized carbons (Fsp3) is 0.667. The number of nitrogens with one attached hydrogen (secondary N) is 2. The SMILES string of the molecule is CNC(=O)c1cc(S(=O)(=O)NCC2(N)CCCCCC2)cn1C. The van der Waals surface area contributed by atoms with Gasteiger partial charge < -0.3 is 15.6 Å². The van der Waals surface area contributed by atoms with Crippen LogP contribution in [0.15, 0.2) is 17.2 Å². The van der Waals surface area contributed by atoms with Gasteiger partial charge in [-0.25, -0.2) is 13.1 Å². The van der Waals surface area contributed by atoms with Crippen molar-refractivity contribution in [1.82, 2.24) is 14.6 Å². The van der Waals surface area contributed by atoms with Crippen molar-refractivity contribution < 1.29 is 13.2 Å². The van der Waals surface area contributed by atoms with E-state index in [4.69, 9.17) is 5.73 Å². The molecule has 0 atom stereocenters. The van der Waals surface area contributed by atoms with E-state index in [1.807, 2.05) is 0 Å². The van der Waals surface area contributed by atoms with Crippen LogP contribution >= 0.6 is 0 Å². The van der Waals surface area contributed by atoms with Crippen LogP contribution in [0.1, 0.15) is 49.0 Å². The summed E-state index contributed by atoms with van der Waals surface area (Å²) in [6, 6.07) is 1.37. The van der Waals surface area contributed by atoms with Gasteiger partial charge in [-0.1, -0.05) is 25.7 Å². The van der Waals surface area contributed by atoms with Gasteiger partial charge in [0.2, 0.25) is 10.0 Å². The summed E-state index contributed by atoms with van der Waals surface area (Å²) in [5.41, 5.74) is 6.16. The molecule has 7 nitrogen and oxygen atoms in total. The number of nitrogens with two attached hydrogens (primary N) is 1. The Morgan fingerprint density at radius 3 is 2.48 bits per heavy atom. The summed E-state index contributed by atoms with van der Waals surface area (Å²) in [6.45, 7) is 0.222. The van der Waals surface area contributed by atoms with Crippen LogP contribution in [0.25, 0.3) is 0 Å². The molecule has 1 aliphatic rings. The minimum Gasteiger partial charge on any atom is -0.354 e. The Balaban J connectivity index is 2.11. The molecule has 0 spiro atoms. The summed E-state index contributed by atoms with van der Waals surface area (Å²) in [4.78, 5) is 11.8. The van der Waals surface area contributed by atoms with Gasteiger partial charge in [-0.15, -0.1) is 0 Å². The van der Waals surface area contributed by atoms with Crippen LogP contribution < -0.4 is 15.8 Å². The van der Waals surface area contributed by atoms with Crippen molar-refractivity contribution in [2.75, 3.05) is 13.6 Å². The average molecular weight is 342 g/mol. The summed E-state index contributed by atoms with van der Waals surface area (Å²) in [5, 5.41) is 2.49. The second-order valence-corrected chi connectivity index (χ2v) is 8.12. The molecule has 1 fully saturated rings. The smallest absolute Gasteiger partial charge is 0.267 e. The highest BCUT2D eigenvalue weighted by atomic mass is 32.2. The van der Waals surface area contributed by atoms with Crippen molar-refractivity contribution >= 4 is 15.9 Å². The van der Waals surface area contributed by atoms with E-state index in [0.717, 1.165) is 38.5 Å². The fourth-order valence-corrected chi connectivity index (χ4v) is 4.17. The number of amides is 1. The first-order valence-corrected chi connectivity index (χ1v) is 9.43. The molecule has 1 saturated carbocycles. The van der Waals surface area contributed by atoms with E-state index < -0.39 is 15.6 Å². The molecule has 0 unspecified atom stereocenters. The Hall–Kier alpha value is -1.38. The van der Waals surface area contributed by atoms with E-state index in [0.29, 0.717) is 5.69 Å². The van der Waals surface area contributed by atoms with E-state index in [-0.39, 0.29) is 17.3 Å². The molecule has 1 amide bonds. The highest BCUT2D eigenvalue weighted by Crippen LogP contribution is 2.25. The summed E-state index contributed by atoms with van der Waals surface area (Å²) >= 11 is 0. The summed E-state index contributed by atoms with van der Waals surface area (Å²) in [7, 11) is -0.540. The summed E-state index contributed by atoms with van der Waals surface area (Å²) < 4.78 is 29.0. The predicted molar refractivity (Wildman–Crippen MR) is 88.6 cm³/mol. The molecule has 0 aliphatic heterocycles. The van der Waals surface area contributed by atoms with Gasteiger partial charge in [0.05, 0.1) is 0 Å². The van der Waals surface area contributed by atoms with Crippen LogP contribution in [-0.4, -0.2) is 38.0 Å². The van der Waals surface area contributed by atoms with Crippen LogP contribution in [0.2, 0.25) is 0 Å². The Kier molecular flexibility index (Phi) is 5.49. The van der Waals surface area contributed by atoms with Gasteiger partial charge in [0.15, 0.2) is 0 Å². The highest BCUT2D eigenvalue weighted by molar-refractivity contribution is 7.89. The van der Waals surface area contributed by atoms with E-state index in [2.05, 4.69) is 10.0 Å². The zero-order valence-electron chi connectivity index (χ0n) is 13.8. The number of nitrogens with zero attached hydrogens (tertiary/aromatic N) is 1. The van der Waals surface area contributed by atoms with Crippen molar-refractivity contribution in [2.24, 2.45) is 12.8 Å². The number of rotatable bonds is 5. The second-order valence-electron chi connectivity index (χ2n) is 6.35. The number of carbonyl (C=O) groups excluding carboxylic acids is 1. The maximum atomic E-state index is 12.5. The van der Waals surface area contributed by atoms with Crippen molar-refractivity contribution in [1.29, 1.82) is 0 Å². The van der Waals surface area contributed by atoms with Gasteiger partial charge >= 0.3 is 0 Å². The lowest BCUT2D eigenvalue weighted by Crippen LogP contribution is -2.49. The second kappa shape index (κ2) is 7.02. The molecule has 1 aromatic rings. The van der Waals surface area contributed by atoms with Gasteiger partial charge in [0.25, 0.3) is 5.91 Å². The lowest BCUT2D eigenvalue weighted by atomic mass is 9.92. The Bertz CT molecular complexity index is 658. The highest BCUT2D eigenvalue weighted by Gasteiger charge is 2.29. The topological polar surface area (TPSA) is 106 Å². The van der Waals surface area contributed by atoms with Gasteiger partial charge in [0, 0.05) is 32.4 Å². The maximum Gasteiger partial charge on any atom is 0.267 e. The van der Waals surface area contributed by atoms with Crippen molar-refractivity contribution in [3.05, 3.63) is 18.0 Å². The lowest BCUT2D eigenvalue weighted by Gasteiger charge is -2.28. The number of sulfonamides is 1. The molecule has 2 rings (SSSR count). The standard InChI is InChI=1S/C15H26N4O3S/c1-17-14(20)13-9-12(10-19(13)2)23(21,22)18-11-15(16)7-5-3-4-6-8-15/h9-10,18H,3-8,11,16H2,1-2H3,(H,17,20). The van der Waals surface area contributed by atoms with Crippen LogP contribution in [0, 0.1) is 0 Å².